The number of nitrogens with zero attached hydrogens (tertiary/aromatic N) is 2. The number of benzene rings is 2. The molecule has 5 nitrogen and oxygen atoms in total. The second-order valence-electron chi connectivity index (χ2n) is 6.81. The van der Waals surface area contributed by atoms with Crippen molar-refractivity contribution in [2.75, 3.05) is 39.3 Å². The number of para-hydroxylation sites is 1. The second kappa shape index (κ2) is 9.97. The molecule has 2 amide bonds. The van der Waals surface area contributed by atoms with Crippen LogP contribution in [0.25, 0.3) is 0 Å². The molecule has 1 unspecified atom stereocenters. The molecule has 1 atom stereocenters. The number of ether oxygens (including phenoxy) is 1. The van der Waals surface area contributed by atoms with Gasteiger partial charge in [0.15, 0.2) is 0 Å². The summed E-state index contributed by atoms with van der Waals surface area (Å²) in [6, 6.07) is 20.6. The van der Waals surface area contributed by atoms with Gasteiger partial charge in [0.25, 0.3) is 0 Å². The number of rotatable bonds is 7. The molecule has 144 valence electrons. The lowest BCUT2D eigenvalue weighted by atomic mass is 10.1. The van der Waals surface area contributed by atoms with Crippen molar-refractivity contribution in [1.82, 2.24) is 15.1 Å². The molecule has 3 rings (SSSR count). The smallest absolute Gasteiger partial charge is 0.317 e. The fraction of sp³-hybridized carbons (Fsp3) is 0.409. The summed E-state index contributed by atoms with van der Waals surface area (Å²) >= 11 is 0. The van der Waals surface area contributed by atoms with Crippen LogP contribution in [-0.2, 0) is 0 Å². The van der Waals surface area contributed by atoms with Gasteiger partial charge < -0.3 is 15.0 Å². The Labute approximate surface area is 161 Å². The lowest BCUT2D eigenvalue weighted by molar-refractivity contribution is 0.0819. The molecule has 27 heavy (non-hydrogen) atoms. The minimum Gasteiger partial charge on any atom is -0.492 e. The van der Waals surface area contributed by atoms with E-state index in [4.69, 9.17) is 4.74 Å². The van der Waals surface area contributed by atoms with E-state index in [0.717, 1.165) is 44.9 Å². The van der Waals surface area contributed by atoms with Crippen molar-refractivity contribution in [3.8, 4) is 5.75 Å². The van der Waals surface area contributed by atoms with E-state index in [1.165, 1.54) is 5.56 Å². The number of hydrogen-bond donors (Lipinski definition) is 1. The number of nitrogens with one attached hydrogen (secondary N) is 1. The molecule has 1 saturated heterocycles. The average Bonchev–Trinajstić information content (AvgIpc) is 2.74. The summed E-state index contributed by atoms with van der Waals surface area (Å²) in [6.45, 7) is 6.56. The summed E-state index contributed by atoms with van der Waals surface area (Å²) in [5.41, 5.74) is 1.25. The number of piperazine rings is 1. The minimum atomic E-state index is 0.0493. The standard InChI is InChI=1S/C22H29N3O2/c1-2-13-23-22(26)25-16-14-24(15-17-25)21(19-9-5-3-6-10-19)18-27-20-11-7-4-8-12-20/h3-12,21H,2,13-18H2,1H3,(H,23,26). The molecule has 1 fully saturated rings. The van der Waals surface area contributed by atoms with E-state index in [1.54, 1.807) is 0 Å². The van der Waals surface area contributed by atoms with Crippen molar-refractivity contribution in [3.05, 3.63) is 66.2 Å². The first-order valence-electron chi connectivity index (χ1n) is 9.77. The number of carbonyl (C=O) groups is 1. The maximum Gasteiger partial charge on any atom is 0.317 e. The zero-order chi connectivity index (χ0) is 18.9. The highest BCUT2D eigenvalue weighted by Gasteiger charge is 2.27. The van der Waals surface area contributed by atoms with Crippen molar-refractivity contribution in [2.45, 2.75) is 19.4 Å². The van der Waals surface area contributed by atoms with Crippen molar-refractivity contribution >= 4 is 6.03 Å². The minimum absolute atomic E-state index is 0.0493. The Morgan fingerprint density at radius 2 is 1.63 bits per heavy atom. The molecule has 1 aliphatic heterocycles. The van der Waals surface area contributed by atoms with Crippen LogP contribution < -0.4 is 10.1 Å². The van der Waals surface area contributed by atoms with E-state index >= 15 is 0 Å². The van der Waals surface area contributed by atoms with Gasteiger partial charge in [-0.2, -0.15) is 0 Å². The molecule has 0 aromatic heterocycles. The number of urea groups is 1. The normalized spacial score (nSPS) is 16.0. The number of carbonyl (C=O) groups excluding carboxylic acids is 1. The van der Waals surface area contributed by atoms with Crippen LogP contribution in [0.3, 0.4) is 0 Å². The highest BCUT2D eigenvalue weighted by atomic mass is 16.5. The number of hydrogen-bond acceptors (Lipinski definition) is 3. The Morgan fingerprint density at radius 1 is 1.00 bits per heavy atom. The first-order valence-corrected chi connectivity index (χ1v) is 9.77. The lowest BCUT2D eigenvalue weighted by Gasteiger charge is -2.39. The molecule has 0 bridgehead atoms. The van der Waals surface area contributed by atoms with Gasteiger partial charge in [-0.25, -0.2) is 4.79 Å². The first kappa shape index (κ1) is 19.2. The summed E-state index contributed by atoms with van der Waals surface area (Å²) in [7, 11) is 0. The SMILES string of the molecule is CCCNC(=O)N1CCN(C(COc2ccccc2)c2ccccc2)CC1. The van der Waals surface area contributed by atoms with Crippen LogP contribution in [0.2, 0.25) is 0 Å². The van der Waals surface area contributed by atoms with Gasteiger partial charge in [0.2, 0.25) is 0 Å². The Hall–Kier alpha value is -2.53. The summed E-state index contributed by atoms with van der Waals surface area (Å²) in [5, 5.41) is 2.97. The molecule has 0 saturated carbocycles. The highest BCUT2D eigenvalue weighted by Crippen LogP contribution is 2.24. The predicted molar refractivity (Wildman–Crippen MR) is 108 cm³/mol. The van der Waals surface area contributed by atoms with Crippen LogP contribution >= 0.6 is 0 Å². The van der Waals surface area contributed by atoms with Gasteiger partial charge in [-0.15, -0.1) is 0 Å². The van der Waals surface area contributed by atoms with Crippen LogP contribution in [-0.4, -0.2) is 55.2 Å². The lowest BCUT2D eigenvalue weighted by Crippen LogP contribution is -2.53. The zero-order valence-corrected chi connectivity index (χ0v) is 16.0. The van der Waals surface area contributed by atoms with Crippen LogP contribution in [0.4, 0.5) is 4.79 Å². The van der Waals surface area contributed by atoms with Gasteiger partial charge in [-0.1, -0.05) is 55.5 Å². The van der Waals surface area contributed by atoms with Crippen molar-refractivity contribution < 1.29 is 9.53 Å². The van der Waals surface area contributed by atoms with E-state index in [-0.39, 0.29) is 12.1 Å². The molecule has 1 aliphatic rings. The average molecular weight is 367 g/mol. The van der Waals surface area contributed by atoms with Crippen molar-refractivity contribution in [1.29, 1.82) is 0 Å². The van der Waals surface area contributed by atoms with Gasteiger partial charge in [0.05, 0.1) is 6.04 Å². The molecular formula is C22H29N3O2. The second-order valence-corrected chi connectivity index (χ2v) is 6.81. The first-order chi connectivity index (χ1) is 13.3. The van der Waals surface area contributed by atoms with Crippen molar-refractivity contribution in [2.24, 2.45) is 0 Å². The van der Waals surface area contributed by atoms with E-state index in [2.05, 4.69) is 41.4 Å². The Bertz CT molecular complexity index is 685. The quantitative estimate of drug-likeness (QED) is 0.814. The summed E-state index contributed by atoms with van der Waals surface area (Å²) in [4.78, 5) is 16.5. The molecule has 0 spiro atoms. The summed E-state index contributed by atoms with van der Waals surface area (Å²) < 4.78 is 6.07. The van der Waals surface area contributed by atoms with Gasteiger partial charge in [0, 0.05) is 32.7 Å². The Morgan fingerprint density at radius 3 is 2.26 bits per heavy atom. The van der Waals surface area contributed by atoms with Crippen LogP contribution in [0, 0.1) is 0 Å². The molecule has 0 aliphatic carbocycles. The van der Waals surface area contributed by atoms with Crippen molar-refractivity contribution in [3.63, 3.8) is 0 Å². The van der Waals surface area contributed by atoms with Crippen LogP contribution in [0.15, 0.2) is 60.7 Å². The molecule has 2 aromatic rings. The van der Waals surface area contributed by atoms with Gasteiger partial charge >= 0.3 is 6.03 Å². The summed E-state index contributed by atoms with van der Waals surface area (Å²) in [5.74, 6) is 0.885. The molecule has 2 aromatic carbocycles. The zero-order valence-electron chi connectivity index (χ0n) is 16.0. The van der Waals surface area contributed by atoms with E-state index in [9.17, 15) is 4.79 Å². The Balaban J connectivity index is 1.62. The van der Waals surface area contributed by atoms with Gasteiger partial charge in [-0.05, 0) is 24.1 Å². The van der Waals surface area contributed by atoms with Crippen LogP contribution in [0.5, 0.6) is 5.75 Å². The van der Waals surface area contributed by atoms with E-state index in [1.807, 2.05) is 41.3 Å². The highest BCUT2D eigenvalue weighted by molar-refractivity contribution is 5.74. The molecule has 5 heteroatoms. The summed E-state index contributed by atoms with van der Waals surface area (Å²) in [6.07, 6.45) is 0.957. The fourth-order valence-corrected chi connectivity index (χ4v) is 3.36. The topological polar surface area (TPSA) is 44.8 Å². The monoisotopic (exact) mass is 367 g/mol. The maximum atomic E-state index is 12.2. The third kappa shape index (κ3) is 5.47. The number of amides is 2. The van der Waals surface area contributed by atoms with E-state index < -0.39 is 0 Å². The van der Waals surface area contributed by atoms with Gasteiger partial charge in [0.1, 0.15) is 12.4 Å². The predicted octanol–water partition coefficient (Wildman–Crippen LogP) is 3.54. The van der Waals surface area contributed by atoms with E-state index in [0.29, 0.717) is 6.61 Å². The largest absolute Gasteiger partial charge is 0.492 e. The maximum absolute atomic E-state index is 12.2. The Kier molecular flexibility index (Phi) is 7.11. The fourth-order valence-electron chi connectivity index (χ4n) is 3.36. The molecular weight excluding hydrogens is 338 g/mol. The third-order valence-electron chi connectivity index (χ3n) is 4.90. The third-order valence-corrected chi connectivity index (χ3v) is 4.90. The van der Waals surface area contributed by atoms with Crippen LogP contribution in [0.1, 0.15) is 24.9 Å². The molecule has 1 heterocycles. The molecule has 0 radical (unpaired) electrons. The molecule has 1 N–H and O–H groups in total. The van der Waals surface area contributed by atoms with Gasteiger partial charge in [-0.3, -0.25) is 4.90 Å².